The van der Waals surface area contributed by atoms with Crippen LogP contribution in [0, 0.1) is 0 Å². The largest absolute Gasteiger partial charge is 0.497 e. The average Bonchev–Trinajstić information content (AvgIpc) is 2.62. The fourth-order valence-electron chi connectivity index (χ4n) is 2.95. The van der Waals surface area contributed by atoms with E-state index < -0.39 is 0 Å². The number of rotatable bonds is 5. The SMILES string of the molecule is COc1ccc(Cc2nc3c(c(=O)[nH]2)CN(C(=O)CCCl)CC3)cc1. The molecule has 25 heavy (non-hydrogen) atoms. The van der Waals surface area contributed by atoms with Crippen molar-refractivity contribution in [2.75, 3.05) is 19.5 Å². The van der Waals surface area contributed by atoms with Crippen LogP contribution >= 0.6 is 11.6 Å². The second kappa shape index (κ2) is 7.70. The topological polar surface area (TPSA) is 75.3 Å². The quantitative estimate of drug-likeness (QED) is 0.825. The highest BCUT2D eigenvalue weighted by atomic mass is 35.5. The highest BCUT2D eigenvalue weighted by Gasteiger charge is 2.24. The van der Waals surface area contributed by atoms with Crippen LogP contribution in [0.3, 0.4) is 0 Å². The zero-order valence-electron chi connectivity index (χ0n) is 14.0. The molecule has 3 rings (SSSR count). The van der Waals surface area contributed by atoms with Crippen molar-refractivity contribution >= 4 is 17.5 Å². The molecule has 2 heterocycles. The summed E-state index contributed by atoms with van der Waals surface area (Å²) in [4.78, 5) is 33.5. The van der Waals surface area contributed by atoms with Crippen molar-refractivity contribution < 1.29 is 9.53 Å². The number of aromatic nitrogens is 2. The molecule has 1 aliphatic heterocycles. The van der Waals surface area contributed by atoms with Crippen molar-refractivity contribution in [3.63, 3.8) is 0 Å². The first-order chi connectivity index (χ1) is 12.1. The summed E-state index contributed by atoms with van der Waals surface area (Å²) in [5.74, 6) is 1.69. The molecule has 0 saturated carbocycles. The summed E-state index contributed by atoms with van der Waals surface area (Å²) in [7, 11) is 1.62. The second-order valence-electron chi connectivity index (χ2n) is 5.97. The molecule has 7 heteroatoms. The minimum Gasteiger partial charge on any atom is -0.497 e. The number of amides is 1. The van der Waals surface area contributed by atoms with Gasteiger partial charge >= 0.3 is 0 Å². The molecule has 132 valence electrons. The molecular weight excluding hydrogens is 342 g/mol. The predicted octanol–water partition coefficient (Wildman–Crippen LogP) is 1.88. The van der Waals surface area contributed by atoms with Gasteiger partial charge in [-0.3, -0.25) is 9.59 Å². The van der Waals surface area contributed by atoms with Crippen LogP contribution in [0.1, 0.15) is 29.1 Å². The third kappa shape index (κ3) is 4.02. The Morgan fingerprint density at radius 3 is 2.80 bits per heavy atom. The van der Waals surface area contributed by atoms with Crippen LogP contribution in [-0.2, 0) is 24.2 Å². The number of hydrogen-bond acceptors (Lipinski definition) is 4. The van der Waals surface area contributed by atoms with E-state index in [1.165, 1.54) is 0 Å². The lowest BCUT2D eigenvalue weighted by Gasteiger charge is -2.27. The molecule has 0 bridgehead atoms. The summed E-state index contributed by atoms with van der Waals surface area (Å²) in [6.07, 6.45) is 1.42. The van der Waals surface area contributed by atoms with Gasteiger partial charge in [0.15, 0.2) is 0 Å². The number of alkyl halides is 1. The fraction of sp³-hybridized carbons (Fsp3) is 0.389. The van der Waals surface area contributed by atoms with E-state index in [1.54, 1.807) is 12.0 Å². The standard InChI is InChI=1S/C18H20ClN3O3/c1-25-13-4-2-12(3-5-13)10-16-20-15-7-9-22(17(23)6-8-19)11-14(15)18(24)21-16/h2-5H,6-11H2,1H3,(H,20,21,24). The Kier molecular flexibility index (Phi) is 5.38. The molecule has 1 N–H and O–H groups in total. The minimum atomic E-state index is -0.170. The maximum Gasteiger partial charge on any atom is 0.256 e. The van der Waals surface area contributed by atoms with Gasteiger partial charge in [0.25, 0.3) is 5.56 Å². The van der Waals surface area contributed by atoms with E-state index >= 15 is 0 Å². The number of ether oxygens (including phenoxy) is 1. The van der Waals surface area contributed by atoms with Gasteiger partial charge in [-0.1, -0.05) is 12.1 Å². The van der Waals surface area contributed by atoms with E-state index in [9.17, 15) is 9.59 Å². The molecule has 1 aliphatic rings. The Morgan fingerprint density at radius 2 is 2.12 bits per heavy atom. The molecule has 0 unspecified atom stereocenters. The van der Waals surface area contributed by atoms with Gasteiger partial charge < -0.3 is 14.6 Å². The number of H-pyrrole nitrogens is 1. The molecule has 0 radical (unpaired) electrons. The molecule has 0 atom stereocenters. The van der Waals surface area contributed by atoms with Crippen LogP contribution in [0.4, 0.5) is 0 Å². The average molecular weight is 362 g/mol. The molecule has 2 aromatic rings. The van der Waals surface area contributed by atoms with Crippen molar-refractivity contribution in [1.82, 2.24) is 14.9 Å². The normalized spacial score (nSPS) is 13.4. The number of hydrogen-bond donors (Lipinski definition) is 1. The highest BCUT2D eigenvalue weighted by Crippen LogP contribution is 2.17. The number of aromatic amines is 1. The van der Waals surface area contributed by atoms with E-state index in [4.69, 9.17) is 16.3 Å². The Morgan fingerprint density at radius 1 is 1.36 bits per heavy atom. The van der Waals surface area contributed by atoms with Crippen LogP contribution in [0.15, 0.2) is 29.1 Å². The summed E-state index contributed by atoms with van der Waals surface area (Å²) in [6.45, 7) is 0.872. The summed E-state index contributed by atoms with van der Waals surface area (Å²) in [6, 6.07) is 7.66. The van der Waals surface area contributed by atoms with Crippen LogP contribution in [-0.4, -0.2) is 40.3 Å². The number of halogens is 1. The van der Waals surface area contributed by atoms with Crippen molar-refractivity contribution in [3.05, 3.63) is 57.3 Å². The number of carbonyl (C=O) groups excluding carboxylic acids is 1. The van der Waals surface area contributed by atoms with E-state index in [2.05, 4.69) is 9.97 Å². The molecule has 0 fully saturated rings. The number of methoxy groups -OCH3 is 1. The number of carbonyl (C=O) groups is 1. The van der Waals surface area contributed by atoms with Gasteiger partial charge in [-0.15, -0.1) is 11.6 Å². The number of fused-ring (bicyclic) bond motifs is 1. The predicted molar refractivity (Wildman–Crippen MR) is 95.1 cm³/mol. The molecule has 1 amide bonds. The minimum absolute atomic E-state index is 0.0256. The van der Waals surface area contributed by atoms with E-state index in [0.29, 0.717) is 37.3 Å². The van der Waals surface area contributed by atoms with Crippen molar-refractivity contribution in [2.24, 2.45) is 0 Å². The first kappa shape index (κ1) is 17.5. The van der Waals surface area contributed by atoms with Crippen LogP contribution < -0.4 is 10.3 Å². The van der Waals surface area contributed by atoms with Crippen molar-refractivity contribution in [3.8, 4) is 5.75 Å². The summed E-state index contributed by atoms with van der Waals surface area (Å²) in [5, 5.41) is 0. The van der Waals surface area contributed by atoms with Crippen LogP contribution in [0.2, 0.25) is 0 Å². The van der Waals surface area contributed by atoms with Crippen LogP contribution in [0.5, 0.6) is 5.75 Å². The van der Waals surface area contributed by atoms with Crippen LogP contribution in [0.25, 0.3) is 0 Å². The highest BCUT2D eigenvalue weighted by molar-refractivity contribution is 6.18. The van der Waals surface area contributed by atoms with Gasteiger partial charge in [0.1, 0.15) is 11.6 Å². The molecule has 1 aromatic heterocycles. The Labute approximate surface area is 150 Å². The number of nitrogens with zero attached hydrogens (tertiary/aromatic N) is 2. The zero-order valence-corrected chi connectivity index (χ0v) is 14.8. The Hall–Kier alpha value is -2.34. The van der Waals surface area contributed by atoms with Gasteiger partial charge in [0.05, 0.1) is 24.9 Å². The number of benzene rings is 1. The third-order valence-corrected chi connectivity index (χ3v) is 4.50. The molecule has 6 nitrogen and oxygen atoms in total. The first-order valence-corrected chi connectivity index (χ1v) is 8.71. The molecule has 0 saturated heterocycles. The fourth-order valence-corrected chi connectivity index (χ4v) is 3.11. The molecule has 0 aliphatic carbocycles. The maximum atomic E-state index is 12.4. The van der Waals surface area contributed by atoms with E-state index in [-0.39, 0.29) is 23.8 Å². The lowest BCUT2D eigenvalue weighted by Crippen LogP contribution is -2.39. The second-order valence-corrected chi connectivity index (χ2v) is 6.34. The van der Waals surface area contributed by atoms with E-state index in [1.807, 2.05) is 24.3 Å². The Bertz CT molecular complexity index is 817. The zero-order chi connectivity index (χ0) is 17.8. The molecular formula is C18H20ClN3O3. The van der Waals surface area contributed by atoms with Gasteiger partial charge in [0, 0.05) is 31.7 Å². The summed E-state index contributed by atoms with van der Waals surface area (Å²) < 4.78 is 5.15. The molecule has 0 spiro atoms. The summed E-state index contributed by atoms with van der Waals surface area (Å²) >= 11 is 5.63. The lowest BCUT2D eigenvalue weighted by molar-refractivity contribution is -0.131. The van der Waals surface area contributed by atoms with Crippen molar-refractivity contribution in [1.29, 1.82) is 0 Å². The van der Waals surface area contributed by atoms with Crippen molar-refractivity contribution in [2.45, 2.75) is 25.8 Å². The van der Waals surface area contributed by atoms with E-state index in [0.717, 1.165) is 17.0 Å². The maximum absolute atomic E-state index is 12.4. The van der Waals surface area contributed by atoms with Gasteiger partial charge in [-0.2, -0.15) is 0 Å². The lowest BCUT2D eigenvalue weighted by atomic mass is 10.1. The van der Waals surface area contributed by atoms with Gasteiger partial charge in [-0.05, 0) is 17.7 Å². The summed E-state index contributed by atoms with van der Waals surface area (Å²) in [5.41, 5.74) is 2.23. The third-order valence-electron chi connectivity index (χ3n) is 4.31. The monoisotopic (exact) mass is 361 g/mol. The first-order valence-electron chi connectivity index (χ1n) is 8.18. The van der Waals surface area contributed by atoms with Gasteiger partial charge in [-0.25, -0.2) is 4.98 Å². The molecule has 1 aromatic carbocycles. The smallest absolute Gasteiger partial charge is 0.256 e. The Balaban J connectivity index is 1.78. The van der Waals surface area contributed by atoms with Gasteiger partial charge in [0.2, 0.25) is 5.91 Å². The number of nitrogens with one attached hydrogen (secondary N) is 1.